The van der Waals surface area contributed by atoms with E-state index in [1.54, 1.807) is 54.6 Å². The van der Waals surface area contributed by atoms with Gasteiger partial charge >= 0.3 is 0 Å². The average Bonchev–Trinajstić information content (AvgIpc) is 2.78. The minimum atomic E-state index is -0.601. The fourth-order valence-corrected chi connectivity index (χ4v) is 2.98. The van der Waals surface area contributed by atoms with E-state index in [1.807, 2.05) is 6.07 Å². The van der Waals surface area contributed by atoms with Crippen LogP contribution in [0.4, 0.5) is 11.4 Å². The summed E-state index contributed by atoms with van der Waals surface area (Å²) in [6, 6.07) is 19.1. The number of hydrogen-bond acceptors (Lipinski definition) is 5. The molecule has 0 aliphatic carbocycles. The van der Waals surface area contributed by atoms with Gasteiger partial charge in [-0.25, -0.2) is 0 Å². The summed E-state index contributed by atoms with van der Waals surface area (Å²) in [5, 5.41) is 23.8. The molecule has 0 saturated heterocycles. The monoisotopic (exact) mass is 467 g/mol. The van der Waals surface area contributed by atoms with Gasteiger partial charge in [0.2, 0.25) is 0 Å². The number of hydrogen-bond donors (Lipinski definition) is 1. The van der Waals surface area contributed by atoms with E-state index in [9.17, 15) is 20.2 Å². The summed E-state index contributed by atoms with van der Waals surface area (Å²) in [5.74, 6) is -0.212. The molecule has 0 bridgehead atoms. The molecule has 7 nitrogen and oxygen atoms in total. The van der Waals surface area contributed by atoms with Gasteiger partial charge in [-0.2, -0.15) is 5.26 Å². The molecule has 0 heterocycles. The minimum absolute atomic E-state index is 0.0192. The number of nitrogens with zero attached hydrogens (tertiary/aromatic N) is 2. The highest BCUT2D eigenvalue weighted by molar-refractivity contribution is 6.31. The Morgan fingerprint density at radius 1 is 1.06 bits per heavy atom. The number of ether oxygens (including phenoxy) is 1. The third-order valence-corrected chi connectivity index (χ3v) is 4.77. The second-order valence-corrected chi connectivity index (χ2v) is 7.40. The molecule has 3 aromatic carbocycles. The van der Waals surface area contributed by atoms with Gasteiger partial charge in [0, 0.05) is 33.4 Å². The van der Waals surface area contributed by atoms with Gasteiger partial charge in [0.1, 0.15) is 24.0 Å². The number of nitriles is 1. The van der Waals surface area contributed by atoms with Crippen LogP contribution in [0.25, 0.3) is 6.08 Å². The van der Waals surface area contributed by atoms with Crippen molar-refractivity contribution >= 4 is 46.6 Å². The molecule has 160 valence electrons. The number of carbonyl (C=O) groups is 1. The van der Waals surface area contributed by atoms with Crippen molar-refractivity contribution in [3.63, 3.8) is 0 Å². The molecule has 0 radical (unpaired) electrons. The van der Waals surface area contributed by atoms with Crippen LogP contribution in [0.15, 0.2) is 72.3 Å². The largest absolute Gasteiger partial charge is 0.488 e. The van der Waals surface area contributed by atoms with Crippen LogP contribution in [-0.4, -0.2) is 10.8 Å². The molecular weight excluding hydrogens is 453 g/mol. The molecule has 3 rings (SSSR count). The molecule has 1 N–H and O–H groups in total. The number of amides is 1. The smallest absolute Gasteiger partial charge is 0.269 e. The van der Waals surface area contributed by atoms with Gasteiger partial charge < -0.3 is 10.1 Å². The maximum Gasteiger partial charge on any atom is 0.269 e. The Morgan fingerprint density at radius 2 is 1.72 bits per heavy atom. The highest BCUT2D eigenvalue weighted by Crippen LogP contribution is 2.27. The van der Waals surface area contributed by atoms with Gasteiger partial charge in [-0.3, -0.25) is 14.9 Å². The zero-order chi connectivity index (χ0) is 23.1. The summed E-state index contributed by atoms with van der Waals surface area (Å²) in [6.07, 6.45) is 1.38. The number of rotatable bonds is 7. The van der Waals surface area contributed by atoms with E-state index < -0.39 is 10.8 Å². The average molecular weight is 468 g/mol. The molecule has 0 spiro atoms. The predicted octanol–water partition coefficient (Wildman–Crippen LogP) is 6.03. The number of nitro groups is 1. The molecule has 0 aliphatic rings. The zero-order valence-corrected chi connectivity index (χ0v) is 17.9. The van der Waals surface area contributed by atoms with E-state index >= 15 is 0 Å². The second-order valence-electron chi connectivity index (χ2n) is 6.53. The molecule has 0 saturated carbocycles. The maximum atomic E-state index is 12.5. The number of nitro benzene ring substituents is 1. The summed E-state index contributed by atoms with van der Waals surface area (Å²) in [5.41, 5.74) is 1.46. The van der Waals surface area contributed by atoms with Crippen LogP contribution < -0.4 is 10.1 Å². The van der Waals surface area contributed by atoms with Crippen LogP contribution in [0, 0.1) is 21.4 Å². The van der Waals surface area contributed by atoms with Crippen molar-refractivity contribution in [1.29, 1.82) is 5.26 Å². The van der Waals surface area contributed by atoms with Crippen LogP contribution >= 0.6 is 23.2 Å². The molecule has 32 heavy (non-hydrogen) atoms. The first-order valence-corrected chi connectivity index (χ1v) is 9.95. The maximum absolute atomic E-state index is 12.5. The number of benzene rings is 3. The lowest BCUT2D eigenvalue weighted by Crippen LogP contribution is -2.13. The van der Waals surface area contributed by atoms with Crippen LogP contribution in [0.1, 0.15) is 11.1 Å². The first-order valence-electron chi connectivity index (χ1n) is 9.20. The Hall–Kier alpha value is -3.86. The Bertz CT molecular complexity index is 1220. The highest BCUT2D eigenvalue weighted by atomic mass is 35.5. The lowest BCUT2D eigenvalue weighted by molar-refractivity contribution is -0.384. The topological polar surface area (TPSA) is 105 Å². The number of anilines is 1. The first-order chi connectivity index (χ1) is 15.4. The predicted molar refractivity (Wildman–Crippen MR) is 123 cm³/mol. The Labute approximate surface area is 193 Å². The second kappa shape index (κ2) is 10.4. The number of halogens is 2. The minimum Gasteiger partial charge on any atom is -0.488 e. The van der Waals surface area contributed by atoms with Crippen LogP contribution in [0.3, 0.4) is 0 Å². The van der Waals surface area contributed by atoms with Crippen molar-refractivity contribution in [1.82, 2.24) is 0 Å². The summed E-state index contributed by atoms with van der Waals surface area (Å²) in [7, 11) is 0. The zero-order valence-electron chi connectivity index (χ0n) is 16.4. The van der Waals surface area contributed by atoms with E-state index in [-0.39, 0.29) is 17.9 Å². The molecule has 0 unspecified atom stereocenters. The van der Waals surface area contributed by atoms with Crippen molar-refractivity contribution in [3.05, 3.63) is 104 Å². The van der Waals surface area contributed by atoms with Crippen LogP contribution in [0.2, 0.25) is 10.0 Å². The molecule has 0 atom stereocenters. The molecule has 0 aliphatic heterocycles. The molecule has 0 aromatic heterocycles. The number of non-ortho nitro benzene ring substituents is 1. The van der Waals surface area contributed by atoms with Gasteiger partial charge in [-0.05, 0) is 66.2 Å². The molecule has 1 amide bonds. The Kier molecular flexibility index (Phi) is 7.45. The fraction of sp³-hybridized carbons (Fsp3) is 0.0435. The number of carbonyl (C=O) groups excluding carboxylic acids is 1. The van der Waals surface area contributed by atoms with E-state index in [0.29, 0.717) is 32.6 Å². The number of nitrogens with one attached hydrogen (secondary N) is 1. The van der Waals surface area contributed by atoms with Crippen molar-refractivity contribution in [2.45, 2.75) is 6.61 Å². The first kappa shape index (κ1) is 22.8. The fourth-order valence-electron chi connectivity index (χ4n) is 2.67. The van der Waals surface area contributed by atoms with E-state index in [1.165, 1.54) is 18.2 Å². The molecule has 9 heteroatoms. The lowest BCUT2D eigenvalue weighted by Gasteiger charge is -2.11. The van der Waals surface area contributed by atoms with E-state index in [0.717, 1.165) is 0 Å². The molecule has 3 aromatic rings. The molecular formula is C23H15Cl2N3O4. The van der Waals surface area contributed by atoms with Gasteiger partial charge in [0.05, 0.1) is 4.92 Å². The van der Waals surface area contributed by atoms with Crippen molar-refractivity contribution in [2.24, 2.45) is 0 Å². The Morgan fingerprint density at radius 3 is 2.34 bits per heavy atom. The van der Waals surface area contributed by atoms with Crippen molar-refractivity contribution in [2.75, 3.05) is 5.32 Å². The van der Waals surface area contributed by atoms with Crippen molar-refractivity contribution < 1.29 is 14.5 Å². The van der Waals surface area contributed by atoms with Gasteiger partial charge in [-0.15, -0.1) is 0 Å². The van der Waals surface area contributed by atoms with Gasteiger partial charge in [-0.1, -0.05) is 23.2 Å². The third kappa shape index (κ3) is 6.08. The summed E-state index contributed by atoms with van der Waals surface area (Å²) in [4.78, 5) is 22.8. The Balaban J connectivity index is 1.79. The van der Waals surface area contributed by atoms with E-state index in [4.69, 9.17) is 27.9 Å². The standard InChI is InChI=1S/C23H15Cl2N3O4/c24-18-3-6-20(7-4-18)27-23(29)17(13-26)11-16-12-19(25)5-10-22(16)32-14-15-1-8-21(9-2-15)28(30)31/h1-12H,14H2,(H,27,29)/b17-11+. The van der Waals surface area contributed by atoms with Crippen molar-refractivity contribution in [3.8, 4) is 11.8 Å². The molecule has 0 fully saturated rings. The van der Waals surface area contributed by atoms with E-state index in [2.05, 4.69) is 5.32 Å². The summed E-state index contributed by atoms with van der Waals surface area (Å²) < 4.78 is 5.81. The van der Waals surface area contributed by atoms with Gasteiger partial charge in [0.15, 0.2) is 0 Å². The SMILES string of the molecule is N#C/C(=C\c1cc(Cl)ccc1OCc1ccc([N+](=O)[O-])cc1)C(=O)Nc1ccc(Cl)cc1. The summed E-state index contributed by atoms with van der Waals surface area (Å²) in [6.45, 7) is 0.124. The lowest BCUT2D eigenvalue weighted by atomic mass is 10.1. The van der Waals surface area contributed by atoms with Gasteiger partial charge in [0.25, 0.3) is 11.6 Å². The van der Waals surface area contributed by atoms with Crippen LogP contribution in [0.5, 0.6) is 5.75 Å². The quantitative estimate of drug-likeness (QED) is 0.197. The third-order valence-electron chi connectivity index (χ3n) is 4.28. The summed E-state index contributed by atoms with van der Waals surface area (Å²) >= 11 is 11.9. The normalized spacial score (nSPS) is 10.8. The highest BCUT2D eigenvalue weighted by Gasteiger charge is 2.13. The van der Waals surface area contributed by atoms with Crippen LogP contribution in [-0.2, 0) is 11.4 Å².